The summed E-state index contributed by atoms with van der Waals surface area (Å²) in [6.45, 7) is -0.274. The van der Waals surface area contributed by atoms with Gasteiger partial charge in [-0.1, -0.05) is 11.6 Å². The molecule has 0 aromatic heterocycles. The molecule has 0 bridgehead atoms. The molecule has 1 aromatic rings. The Kier molecular flexibility index (Phi) is 4.08. The SMILES string of the molecule is O=S(=O)(Cl)c1ccc(Cl)c2c1OCCN2CC(F)F. The zero-order chi connectivity index (χ0) is 14.2. The fourth-order valence-electron chi connectivity index (χ4n) is 1.87. The lowest BCUT2D eigenvalue weighted by molar-refractivity contribution is 0.151. The summed E-state index contributed by atoms with van der Waals surface area (Å²) >= 11 is 5.94. The Hall–Kier alpha value is -0.790. The number of alkyl halides is 2. The first kappa shape index (κ1) is 14.6. The molecule has 0 unspecified atom stereocenters. The topological polar surface area (TPSA) is 46.6 Å². The van der Waals surface area contributed by atoms with Gasteiger partial charge in [0.1, 0.15) is 17.2 Å². The Bertz CT molecular complexity index is 595. The second-order valence-electron chi connectivity index (χ2n) is 3.85. The maximum atomic E-state index is 12.5. The lowest BCUT2D eigenvalue weighted by Gasteiger charge is -2.32. The maximum Gasteiger partial charge on any atom is 0.265 e. The molecule has 0 fully saturated rings. The van der Waals surface area contributed by atoms with Crippen LogP contribution in [-0.2, 0) is 9.05 Å². The average molecular weight is 332 g/mol. The molecule has 0 amide bonds. The van der Waals surface area contributed by atoms with E-state index >= 15 is 0 Å². The lowest BCUT2D eigenvalue weighted by Crippen LogP contribution is -2.36. The third kappa shape index (κ3) is 3.04. The first-order valence-corrected chi connectivity index (χ1v) is 7.92. The molecule has 0 saturated heterocycles. The number of hydrogen-bond donors (Lipinski definition) is 0. The van der Waals surface area contributed by atoms with Gasteiger partial charge < -0.3 is 9.64 Å². The van der Waals surface area contributed by atoms with Crippen molar-refractivity contribution >= 4 is 37.0 Å². The molecular formula is C10H9Cl2F2NO3S. The zero-order valence-corrected chi connectivity index (χ0v) is 11.8. The van der Waals surface area contributed by atoms with Crippen LogP contribution < -0.4 is 9.64 Å². The Morgan fingerprint density at radius 3 is 2.68 bits per heavy atom. The van der Waals surface area contributed by atoms with Crippen LogP contribution in [-0.4, -0.2) is 34.5 Å². The summed E-state index contributed by atoms with van der Waals surface area (Å²) in [6.07, 6.45) is -2.57. The number of anilines is 1. The summed E-state index contributed by atoms with van der Waals surface area (Å²) < 4.78 is 53.1. The fraction of sp³-hybridized carbons (Fsp3) is 0.400. The molecule has 0 spiro atoms. The third-order valence-electron chi connectivity index (χ3n) is 2.59. The van der Waals surface area contributed by atoms with Gasteiger partial charge in [0, 0.05) is 10.7 Å². The predicted molar refractivity (Wildman–Crippen MR) is 68.2 cm³/mol. The summed E-state index contributed by atoms with van der Waals surface area (Å²) in [5.74, 6) is -0.0746. The van der Waals surface area contributed by atoms with Gasteiger partial charge in [0.25, 0.3) is 15.5 Å². The molecule has 2 rings (SSSR count). The molecule has 106 valence electrons. The standard InChI is InChI=1S/C10H9Cl2F2NO3S/c11-6-1-2-7(19(12,16)17)10-9(6)15(3-4-18-10)5-8(13)14/h1-2,8H,3-5H2. The monoisotopic (exact) mass is 331 g/mol. The van der Waals surface area contributed by atoms with Crippen LogP contribution in [0.3, 0.4) is 0 Å². The van der Waals surface area contributed by atoms with E-state index in [0.29, 0.717) is 0 Å². The first-order valence-electron chi connectivity index (χ1n) is 5.23. The van der Waals surface area contributed by atoms with Crippen LogP contribution in [0.25, 0.3) is 0 Å². The minimum Gasteiger partial charge on any atom is -0.488 e. The number of halogens is 4. The second kappa shape index (κ2) is 5.30. The average Bonchev–Trinajstić information content (AvgIpc) is 2.26. The van der Waals surface area contributed by atoms with Crippen LogP contribution in [0.2, 0.25) is 5.02 Å². The Morgan fingerprint density at radius 2 is 2.11 bits per heavy atom. The molecule has 19 heavy (non-hydrogen) atoms. The lowest BCUT2D eigenvalue weighted by atomic mass is 10.2. The highest BCUT2D eigenvalue weighted by Gasteiger charge is 2.29. The van der Waals surface area contributed by atoms with Crippen molar-refractivity contribution in [1.29, 1.82) is 0 Å². The molecule has 1 aromatic carbocycles. The normalized spacial score (nSPS) is 15.3. The first-order chi connectivity index (χ1) is 8.80. The van der Waals surface area contributed by atoms with Crippen molar-refractivity contribution in [1.82, 2.24) is 0 Å². The molecule has 0 radical (unpaired) electrons. The van der Waals surface area contributed by atoms with Crippen LogP contribution in [0.15, 0.2) is 17.0 Å². The largest absolute Gasteiger partial charge is 0.488 e. The van der Waals surface area contributed by atoms with Gasteiger partial charge in [0.2, 0.25) is 0 Å². The number of rotatable bonds is 3. The molecule has 9 heteroatoms. The van der Waals surface area contributed by atoms with Gasteiger partial charge in [-0.05, 0) is 12.1 Å². The number of nitrogens with zero attached hydrogens (tertiary/aromatic N) is 1. The van der Waals surface area contributed by atoms with E-state index in [-0.39, 0.29) is 34.5 Å². The van der Waals surface area contributed by atoms with Gasteiger partial charge in [-0.25, -0.2) is 17.2 Å². The summed E-state index contributed by atoms with van der Waals surface area (Å²) in [4.78, 5) is 1.02. The summed E-state index contributed by atoms with van der Waals surface area (Å²) in [5.41, 5.74) is 0.134. The molecular weight excluding hydrogens is 323 g/mol. The number of benzene rings is 1. The van der Waals surface area contributed by atoms with E-state index in [2.05, 4.69) is 0 Å². The highest BCUT2D eigenvalue weighted by molar-refractivity contribution is 8.13. The molecule has 1 heterocycles. The van der Waals surface area contributed by atoms with Gasteiger partial charge >= 0.3 is 0 Å². The quantitative estimate of drug-likeness (QED) is 0.799. The fourth-order valence-corrected chi connectivity index (χ4v) is 3.11. The van der Waals surface area contributed by atoms with Crippen molar-refractivity contribution in [3.05, 3.63) is 17.2 Å². The highest BCUT2D eigenvalue weighted by Crippen LogP contribution is 2.43. The highest BCUT2D eigenvalue weighted by atomic mass is 35.7. The van der Waals surface area contributed by atoms with Crippen LogP contribution in [0.4, 0.5) is 14.5 Å². The van der Waals surface area contributed by atoms with Crippen molar-refractivity contribution in [2.45, 2.75) is 11.3 Å². The van der Waals surface area contributed by atoms with Crippen LogP contribution >= 0.6 is 22.3 Å². The van der Waals surface area contributed by atoms with Crippen molar-refractivity contribution in [2.75, 3.05) is 24.6 Å². The molecule has 0 saturated carbocycles. The minimum absolute atomic E-state index is 0.0746. The van der Waals surface area contributed by atoms with Crippen LogP contribution in [0.5, 0.6) is 5.75 Å². The summed E-state index contributed by atoms with van der Waals surface area (Å²) in [6, 6.07) is 2.48. The van der Waals surface area contributed by atoms with E-state index in [1.807, 2.05) is 0 Å². The number of fused-ring (bicyclic) bond motifs is 1. The van der Waals surface area contributed by atoms with E-state index in [1.54, 1.807) is 0 Å². The van der Waals surface area contributed by atoms with E-state index < -0.39 is 22.0 Å². The predicted octanol–water partition coefficient (Wildman–Crippen LogP) is 2.73. The van der Waals surface area contributed by atoms with Gasteiger partial charge in [0.15, 0.2) is 5.75 Å². The van der Waals surface area contributed by atoms with Gasteiger partial charge in [-0.2, -0.15) is 0 Å². The van der Waals surface area contributed by atoms with E-state index in [4.69, 9.17) is 27.0 Å². The maximum absolute atomic E-state index is 12.5. The Labute approximate surface area is 118 Å². The van der Waals surface area contributed by atoms with Crippen molar-refractivity contribution in [3.8, 4) is 5.75 Å². The van der Waals surface area contributed by atoms with Gasteiger partial charge in [0.05, 0.1) is 18.1 Å². The van der Waals surface area contributed by atoms with Crippen LogP contribution in [0, 0.1) is 0 Å². The van der Waals surface area contributed by atoms with Gasteiger partial charge in [-0.3, -0.25) is 0 Å². The number of ether oxygens (including phenoxy) is 1. The van der Waals surface area contributed by atoms with Crippen molar-refractivity contribution in [2.24, 2.45) is 0 Å². The molecule has 0 N–H and O–H groups in total. The summed E-state index contributed by atoms with van der Waals surface area (Å²) in [5, 5.41) is 0.138. The molecule has 0 atom stereocenters. The summed E-state index contributed by atoms with van der Waals surface area (Å²) in [7, 11) is 1.25. The number of hydrogen-bond acceptors (Lipinski definition) is 4. The molecule has 1 aliphatic heterocycles. The van der Waals surface area contributed by atoms with Crippen LogP contribution in [0.1, 0.15) is 0 Å². The van der Waals surface area contributed by atoms with Crippen molar-refractivity contribution in [3.63, 3.8) is 0 Å². The van der Waals surface area contributed by atoms with E-state index in [0.717, 1.165) is 0 Å². The van der Waals surface area contributed by atoms with Crippen molar-refractivity contribution < 1.29 is 21.9 Å². The second-order valence-corrected chi connectivity index (χ2v) is 6.79. The third-order valence-corrected chi connectivity index (χ3v) is 4.24. The minimum atomic E-state index is -4.04. The molecule has 0 aliphatic carbocycles. The molecule has 1 aliphatic rings. The van der Waals surface area contributed by atoms with E-state index in [9.17, 15) is 17.2 Å². The zero-order valence-electron chi connectivity index (χ0n) is 9.45. The van der Waals surface area contributed by atoms with E-state index in [1.165, 1.54) is 17.0 Å². The Balaban J connectivity index is 2.57. The Morgan fingerprint density at radius 1 is 1.42 bits per heavy atom. The van der Waals surface area contributed by atoms with Gasteiger partial charge in [-0.15, -0.1) is 0 Å². The molecule has 4 nitrogen and oxygen atoms in total. The smallest absolute Gasteiger partial charge is 0.265 e.